The average molecular weight is 503 g/mol. The zero-order chi connectivity index (χ0) is 26.3. The summed E-state index contributed by atoms with van der Waals surface area (Å²) in [5.41, 5.74) is 5.27. The van der Waals surface area contributed by atoms with Gasteiger partial charge in [-0.2, -0.15) is 0 Å². The fraction of sp³-hybridized carbons (Fsp3) is 0.0938. The number of fused-ring (bicyclic) bond motifs is 1. The molecule has 5 aromatic rings. The molecule has 5 rings (SSSR count). The molecule has 0 aliphatic carbocycles. The Hall–Kier alpha value is -4.97. The summed E-state index contributed by atoms with van der Waals surface area (Å²) in [6.45, 7) is 2.04. The molecule has 4 aromatic carbocycles. The maximum Gasteiger partial charge on any atom is 0.339 e. The lowest BCUT2D eigenvalue weighted by Gasteiger charge is -2.11. The molecule has 6 heteroatoms. The van der Waals surface area contributed by atoms with Crippen LogP contribution in [0.3, 0.4) is 0 Å². The molecule has 188 valence electrons. The predicted molar refractivity (Wildman–Crippen MR) is 148 cm³/mol. The van der Waals surface area contributed by atoms with E-state index < -0.39 is 18.5 Å². The van der Waals surface area contributed by atoms with E-state index in [4.69, 9.17) is 14.5 Å². The molecule has 0 aliphatic rings. The number of aromatic nitrogens is 1. The maximum atomic E-state index is 13.1. The second-order valence-corrected chi connectivity index (χ2v) is 8.86. The number of hydrogen-bond acceptors (Lipinski definition) is 5. The normalized spacial score (nSPS) is 10.7. The first kappa shape index (κ1) is 24.7. The van der Waals surface area contributed by atoms with Crippen molar-refractivity contribution in [2.45, 2.75) is 13.5 Å². The van der Waals surface area contributed by atoms with E-state index >= 15 is 0 Å². The fourth-order valence-electron chi connectivity index (χ4n) is 4.00. The van der Waals surface area contributed by atoms with Crippen molar-refractivity contribution in [3.63, 3.8) is 0 Å². The summed E-state index contributed by atoms with van der Waals surface area (Å²) in [6, 6.07) is 34.0. The molecule has 1 N–H and O–H groups in total. The second-order valence-electron chi connectivity index (χ2n) is 8.86. The monoisotopic (exact) mass is 502 g/mol. The Morgan fingerprint density at radius 1 is 0.816 bits per heavy atom. The molecule has 38 heavy (non-hydrogen) atoms. The van der Waals surface area contributed by atoms with Gasteiger partial charge in [0.15, 0.2) is 6.61 Å². The van der Waals surface area contributed by atoms with Gasteiger partial charge in [-0.1, -0.05) is 66.2 Å². The van der Waals surface area contributed by atoms with E-state index in [0.29, 0.717) is 34.5 Å². The van der Waals surface area contributed by atoms with Gasteiger partial charge in [0, 0.05) is 16.6 Å². The van der Waals surface area contributed by atoms with E-state index in [0.717, 1.165) is 22.4 Å². The first-order chi connectivity index (χ1) is 18.5. The molecule has 0 atom stereocenters. The molecule has 0 aliphatic heterocycles. The van der Waals surface area contributed by atoms with Gasteiger partial charge in [-0.05, 0) is 61.0 Å². The van der Waals surface area contributed by atoms with Gasteiger partial charge in [-0.25, -0.2) is 9.78 Å². The van der Waals surface area contributed by atoms with Crippen LogP contribution in [0.1, 0.15) is 21.5 Å². The van der Waals surface area contributed by atoms with Crippen LogP contribution in [0.15, 0.2) is 109 Å². The van der Waals surface area contributed by atoms with Crippen LogP contribution in [0, 0.1) is 6.92 Å². The first-order valence-corrected chi connectivity index (χ1v) is 12.3. The Morgan fingerprint density at radius 2 is 1.53 bits per heavy atom. The molecule has 1 heterocycles. The highest BCUT2D eigenvalue weighted by Gasteiger charge is 2.17. The largest absolute Gasteiger partial charge is 0.489 e. The van der Waals surface area contributed by atoms with Gasteiger partial charge in [0.2, 0.25) is 0 Å². The lowest BCUT2D eigenvalue weighted by molar-refractivity contribution is -0.119. The van der Waals surface area contributed by atoms with Crippen molar-refractivity contribution >= 4 is 28.5 Å². The highest BCUT2D eigenvalue weighted by Crippen LogP contribution is 2.27. The molecule has 1 amide bonds. The number of benzene rings is 4. The number of esters is 1. The smallest absolute Gasteiger partial charge is 0.339 e. The first-order valence-electron chi connectivity index (χ1n) is 12.3. The van der Waals surface area contributed by atoms with Crippen LogP contribution in [-0.4, -0.2) is 23.5 Å². The number of carbonyl (C=O) groups is 2. The van der Waals surface area contributed by atoms with Gasteiger partial charge >= 0.3 is 5.97 Å². The fourth-order valence-corrected chi connectivity index (χ4v) is 4.00. The molecule has 0 radical (unpaired) electrons. The number of nitrogens with one attached hydrogen (secondary N) is 1. The van der Waals surface area contributed by atoms with Gasteiger partial charge in [-0.3, -0.25) is 4.79 Å². The third kappa shape index (κ3) is 6.05. The number of carbonyl (C=O) groups excluding carboxylic acids is 2. The number of pyridine rings is 1. The summed E-state index contributed by atoms with van der Waals surface area (Å²) in [4.78, 5) is 30.2. The highest BCUT2D eigenvalue weighted by atomic mass is 16.5. The van der Waals surface area contributed by atoms with E-state index in [1.807, 2.05) is 97.9 Å². The Kier molecular flexibility index (Phi) is 7.41. The maximum absolute atomic E-state index is 13.1. The number of amides is 1. The molecule has 0 fully saturated rings. The van der Waals surface area contributed by atoms with Crippen LogP contribution in [-0.2, 0) is 16.1 Å². The van der Waals surface area contributed by atoms with Gasteiger partial charge in [0.05, 0.1) is 16.8 Å². The summed E-state index contributed by atoms with van der Waals surface area (Å²) in [5.74, 6) is -0.267. The van der Waals surface area contributed by atoms with Crippen LogP contribution in [0.5, 0.6) is 5.75 Å². The Balaban J connectivity index is 1.31. The van der Waals surface area contributed by atoms with E-state index in [9.17, 15) is 9.59 Å². The summed E-state index contributed by atoms with van der Waals surface area (Å²) in [7, 11) is 0. The van der Waals surface area contributed by atoms with Crippen molar-refractivity contribution in [3.8, 4) is 17.0 Å². The molecule has 6 nitrogen and oxygen atoms in total. The third-order valence-electron chi connectivity index (χ3n) is 6.00. The zero-order valence-corrected chi connectivity index (χ0v) is 20.9. The lowest BCUT2D eigenvalue weighted by Crippen LogP contribution is -2.21. The van der Waals surface area contributed by atoms with E-state index in [1.165, 1.54) is 0 Å². The molecular formula is C32H26N2O4. The number of para-hydroxylation sites is 1. The van der Waals surface area contributed by atoms with Crippen LogP contribution in [0.4, 0.5) is 5.69 Å². The SMILES string of the molecule is Cc1ccc(NC(=O)COC(=O)c2cc(-c3ccc(OCc4ccccc4)cc3)nc3ccccc23)cc1. The molecular weight excluding hydrogens is 476 g/mol. The molecule has 0 saturated heterocycles. The minimum absolute atomic E-state index is 0.346. The summed E-state index contributed by atoms with van der Waals surface area (Å²) < 4.78 is 11.3. The molecule has 0 saturated carbocycles. The van der Waals surface area contributed by atoms with Crippen molar-refractivity contribution in [2.24, 2.45) is 0 Å². The number of rotatable bonds is 8. The van der Waals surface area contributed by atoms with Crippen LogP contribution >= 0.6 is 0 Å². The minimum atomic E-state index is -0.591. The van der Waals surface area contributed by atoms with Crippen molar-refractivity contribution in [2.75, 3.05) is 11.9 Å². The number of nitrogens with zero attached hydrogens (tertiary/aromatic N) is 1. The standard InChI is InChI=1S/C32H26N2O4/c1-22-11-15-25(16-12-22)33-31(35)21-38-32(36)28-19-30(34-29-10-6-5-9-27(28)29)24-13-17-26(18-14-24)37-20-23-7-3-2-4-8-23/h2-19H,20-21H2,1H3,(H,33,35). The molecule has 0 unspecified atom stereocenters. The van der Waals surface area contributed by atoms with Gasteiger partial charge < -0.3 is 14.8 Å². The second kappa shape index (κ2) is 11.4. The van der Waals surface area contributed by atoms with Crippen molar-refractivity contribution < 1.29 is 19.1 Å². The van der Waals surface area contributed by atoms with Crippen LogP contribution < -0.4 is 10.1 Å². The topological polar surface area (TPSA) is 77.5 Å². The molecule has 1 aromatic heterocycles. The minimum Gasteiger partial charge on any atom is -0.489 e. The lowest BCUT2D eigenvalue weighted by atomic mass is 10.0. The summed E-state index contributed by atoms with van der Waals surface area (Å²) in [5, 5.41) is 3.39. The van der Waals surface area contributed by atoms with Crippen molar-refractivity contribution in [1.29, 1.82) is 0 Å². The summed E-state index contributed by atoms with van der Waals surface area (Å²) >= 11 is 0. The van der Waals surface area contributed by atoms with Gasteiger partial charge in [-0.15, -0.1) is 0 Å². The Labute approximate surface area is 220 Å². The zero-order valence-electron chi connectivity index (χ0n) is 20.9. The van der Waals surface area contributed by atoms with Gasteiger partial charge in [0.25, 0.3) is 5.91 Å². The number of hydrogen-bond donors (Lipinski definition) is 1. The molecule has 0 bridgehead atoms. The number of anilines is 1. The highest BCUT2D eigenvalue weighted by molar-refractivity contribution is 6.05. The van der Waals surface area contributed by atoms with Crippen molar-refractivity contribution in [1.82, 2.24) is 4.98 Å². The summed E-state index contributed by atoms with van der Waals surface area (Å²) in [6.07, 6.45) is 0. The van der Waals surface area contributed by atoms with E-state index in [1.54, 1.807) is 18.2 Å². The predicted octanol–water partition coefficient (Wildman–Crippen LogP) is 6.58. The Morgan fingerprint density at radius 3 is 2.29 bits per heavy atom. The molecule has 0 spiro atoms. The van der Waals surface area contributed by atoms with Crippen LogP contribution in [0.2, 0.25) is 0 Å². The Bertz CT molecular complexity index is 1560. The third-order valence-corrected chi connectivity index (χ3v) is 6.00. The van der Waals surface area contributed by atoms with E-state index in [2.05, 4.69) is 5.32 Å². The number of ether oxygens (including phenoxy) is 2. The number of aryl methyl sites for hydroxylation is 1. The average Bonchev–Trinajstić information content (AvgIpc) is 2.96. The quantitative estimate of drug-likeness (QED) is 0.242. The van der Waals surface area contributed by atoms with Crippen molar-refractivity contribution in [3.05, 3.63) is 126 Å². The van der Waals surface area contributed by atoms with E-state index in [-0.39, 0.29) is 0 Å². The van der Waals surface area contributed by atoms with Gasteiger partial charge in [0.1, 0.15) is 12.4 Å². The van der Waals surface area contributed by atoms with Crippen LogP contribution in [0.25, 0.3) is 22.2 Å².